The second-order valence-corrected chi connectivity index (χ2v) is 7.05. The topological polar surface area (TPSA) is 99.3 Å². The fraction of sp³-hybridized carbons (Fsp3) is 0.500. The number of nitrogens with zero attached hydrogens (tertiary/aromatic N) is 1. The molecule has 146 valence electrons. The van der Waals surface area contributed by atoms with Crippen molar-refractivity contribution in [2.24, 2.45) is 5.73 Å². The number of benzene rings is 1. The van der Waals surface area contributed by atoms with E-state index in [1.165, 1.54) is 10.8 Å². The minimum absolute atomic E-state index is 0.378. The predicted molar refractivity (Wildman–Crippen MR) is 102 cm³/mol. The summed E-state index contributed by atoms with van der Waals surface area (Å²) in [5.41, 5.74) is 6.45. The number of hydrogen-bond donors (Lipinski definition) is 2. The van der Waals surface area contributed by atoms with Crippen LogP contribution in [-0.2, 0) is 16.1 Å². The third-order valence-electron chi connectivity index (χ3n) is 5.44. The van der Waals surface area contributed by atoms with Crippen molar-refractivity contribution in [3.8, 4) is 0 Å². The Labute approximate surface area is 158 Å². The van der Waals surface area contributed by atoms with Crippen LogP contribution in [0, 0.1) is 6.92 Å². The molecule has 3 atom stereocenters. The molecule has 1 fully saturated rings. The Morgan fingerprint density at radius 1 is 1.22 bits per heavy atom. The molecule has 0 bridgehead atoms. The van der Waals surface area contributed by atoms with Gasteiger partial charge in [0.1, 0.15) is 6.10 Å². The molecule has 0 amide bonds. The standard InChI is InChI=1S/C20H27N3O4/c1-4-20(5-2)16(26-12-14-9-7-6-8-10-14)15(21)18(27-20)23-11-13(3)17(24)22-19(23)25/h6-11,15-16,18H,4-5,12,21H2,1-3H3,(H,22,24,25). The van der Waals surface area contributed by atoms with Crippen molar-refractivity contribution in [2.45, 2.75) is 64.2 Å². The van der Waals surface area contributed by atoms with Gasteiger partial charge in [-0.1, -0.05) is 44.2 Å². The van der Waals surface area contributed by atoms with Crippen LogP contribution in [0.1, 0.15) is 44.0 Å². The van der Waals surface area contributed by atoms with Crippen LogP contribution in [0.2, 0.25) is 0 Å². The number of aromatic amines is 1. The molecule has 1 aliphatic rings. The summed E-state index contributed by atoms with van der Waals surface area (Å²) in [6, 6.07) is 9.32. The SMILES string of the molecule is CCC1(CC)OC(n2cc(C)c(=O)[nH]c2=O)C(N)C1OCc1ccccc1. The molecule has 0 radical (unpaired) electrons. The van der Waals surface area contributed by atoms with Crippen LogP contribution in [0.4, 0.5) is 0 Å². The van der Waals surface area contributed by atoms with Gasteiger partial charge in [-0.3, -0.25) is 14.3 Å². The van der Waals surface area contributed by atoms with E-state index in [0.717, 1.165) is 5.56 Å². The summed E-state index contributed by atoms with van der Waals surface area (Å²) in [5, 5.41) is 0. The molecule has 0 saturated carbocycles. The fourth-order valence-corrected chi connectivity index (χ4v) is 3.75. The number of H-pyrrole nitrogens is 1. The van der Waals surface area contributed by atoms with E-state index in [9.17, 15) is 9.59 Å². The van der Waals surface area contributed by atoms with Gasteiger partial charge in [-0.05, 0) is 25.3 Å². The van der Waals surface area contributed by atoms with E-state index >= 15 is 0 Å². The molecule has 7 nitrogen and oxygen atoms in total. The van der Waals surface area contributed by atoms with Gasteiger partial charge in [0.05, 0.1) is 18.2 Å². The maximum atomic E-state index is 12.3. The normalized spacial score (nSPS) is 24.2. The molecule has 0 aliphatic carbocycles. The molecule has 2 aromatic rings. The van der Waals surface area contributed by atoms with Gasteiger partial charge < -0.3 is 15.2 Å². The zero-order chi connectivity index (χ0) is 19.6. The lowest BCUT2D eigenvalue weighted by molar-refractivity contribution is -0.125. The van der Waals surface area contributed by atoms with Gasteiger partial charge in [-0.25, -0.2) is 4.79 Å². The number of aromatic nitrogens is 2. The molecule has 3 rings (SSSR count). The molecule has 3 N–H and O–H groups in total. The van der Waals surface area contributed by atoms with E-state index in [1.54, 1.807) is 6.92 Å². The Bertz CT molecular complexity index is 886. The second kappa shape index (κ2) is 7.80. The monoisotopic (exact) mass is 373 g/mol. The van der Waals surface area contributed by atoms with E-state index in [4.69, 9.17) is 15.2 Å². The smallest absolute Gasteiger partial charge is 0.330 e. The number of nitrogens with two attached hydrogens (primary N) is 1. The number of rotatable bonds is 6. The Morgan fingerprint density at radius 2 is 1.89 bits per heavy atom. The first-order valence-corrected chi connectivity index (χ1v) is 9.33. The highest BCUT2D eigenvalue weighted by Gasteiger charge is 2.53. The molecular formula is C20H27N3O4. The molecule has 2 heterocycles. The quantitative estimate of drug-likeness (QED) is 0.805. The van der Waals surface area contributed by atoms with E-state index in [0.29, 0.717) is 25.0 Å². The van der Waals surface area contributed by atoms with Crippen LogP contribution in [0.25, 0.3) is 0 Å². The van der Waals surface area contributed by atoms with E-state index in [2.05, 4.69) is 4.98 Å². The highest BCUT2D eigenvalue weighted by atomic mass is 16.6. The van der Waals surface area contributed by atoms with Crippen molar-refractivity contribution in [2.75, 3.05) is 0 Å². The van der Waals surface area contributed by atoms with Gasteiger partial charge >= 0.3 is 5.69 Å². The fourth-order valence-electron chi connectivity index (χ4n) is 3.75. The number of ether oxygens (including phenoxy) is 2. The van der Waals surface area contributed by atoms with E-state index in [1.807, 2.05) is 44.2 Å². The Balaban J connectivity index is 1.92. The van der Waals surface area contributed by atoms with Crippen LogP contribution < -0.4 is 17.0 Å². The van der Waals surface area contributed by atoms with Crippen molar-refractivity contribution in [1.29, 1.82) is 0 Å². The first kappa shape index (κ1) is 19.5. The molecule has 1 saturated heterocycles. The van der Waals surface area contributed by atoms with Gasteiger partial charge in [0, 0.05) is 11.8 Å². The lowest BCUT2D eigenvalue weighted by atomic mass is 9.88. The lowest BCUT2D eigenvalue weighted by Crippen LogP contribution is -2.48. The molecule has 1 aromatic carbocycles. The van der Waals surface area contributed by atoms with Crippen molar-refractivity contribution >= 4 is 0 Å². The van der Waals surface area contributed by atoms with Crippen molar-refractivity contribution < 1.29 is 9.47 Å². The summed E-state index contributed by atoms with van der Waals surface area (Å²) < 4.78 is 13.9. The van der Waals surface area contributed by atoms with Crippen molar-refractivity contribution in [3.05, 3.63) is 68.5 Å². The minimum atomic E-state index is -0.700. The summed E-state index contributed by atoms with van der Waals surface area (Å²) in [7, 11) is 0. The first-order chi connectivity index (χ1) is 12.9. The van der Waals surface area contributed by atoms with Gasteiger partial charge in [-0.2, -0.15) is 0 Å². The lowest BCUT2D eigenvalue weighted by Gasteiger charge is -2.33. The van der Waals surface area contributed by atoms with Crippen molar-refractivity contribution in [1.82, 2.24) is 9.55 Å². The highest BCUT2D eigenvalue weighted by Crippen LogP contribution is 2.42. The van der Waals surface area contributed by atoms with Gasteiger partial charge in [0.15, 0.2) is 6.23 Å². The van der Waals surface area contributed by atoms with Crippen LogP contribution >= 0.6 is 0 Å². The zero-order valence-electron chi connectivity index (χ0n) is 16.0. The van der Waals surface area contributed by atoms with Crippen molar-refractivity contribution in [3.63, 3.8) is 0 Å². The van der Waals surface area contributed by atoms with Crippen LogP contribution in [0.15, 0.2) is 46.1 Å². The molecule has 1 aliphatic heterocycles. The third-order valence-corrected chi connectivity index (χ3v) is 5.44. The van der Waals surface area contributed by atoms with Crippen LogP contribution in [-0.4, -0.2) is 27.3 Å². The molecular weight excluding hydrogens is 346 g/mol. The summed E-state index contributed by atoms with van der Waals surface area (Å²) in [4.78, 5) is 26.3. The zero-order valence-corrected chi connectivity index (χ0v) is 16.0. The van der Waals surface area contributed by atoms with E-state index < -0.39 is 29.1 Å². The third kappa shape index (κ3) is 3.63. The maximum absolute atomic E-state index is 12.3. The Hall–Kier alpha value is -2.22. The summed E-state index contributed by atoms with van der Waals surface area (Å²) in [6.45, 7) is 6.11. The van der Waals surface area contributed by atoms with E-state index in [-0.39, 0.29) is 6.10 Å². The molecule has 27 heavy (non-hydrogen) atoms. The second-order valence-electron chi connectivity index (χ2n) is 7.05. The highest BCUT2D eigenvalue weighted by molar-refractivity contribution is 5.14. The first-order valence-electron chi connectivity index (χ1n) is 9.33. The van der Waals surface area contributed by atoms with Gasteiger partial charge in [0.25, 0.3) is 5.56 Å². The average molecular weight is 373 g/mol. The van der Waals surface area contributed by atoms with Crippen LogP contribution in [0.3, 0.4) is 0 Å². The Kier molecular flexibility index (Phi) is 5.64. The summed E-state index contributed by atoms with van der Waals surface area (Å²) in [5.74, 6) is 0. The molecule has 1 aromatic heterocycles. The van der Waals surface area contributed by atoms with Gasteiger partial charge in [-0.15, -0.1) is 0 Å². The molecule has 0 spiro atoms. The molecule has 3 unspecified atom stereocenters. The maximum Gasteiger partial charge on any atom is 0.330 e. The van der Waals surface area contributed by atoms with Gasteiger partial charge in [0.2, 0.25) is 0 Å². The summed E-state index contributed by atoms with van der Waals surface area (Å²) >= 11 is 0. The number of hydrogen-bond acceptors (Lipinski definition) is 5. The van der Waals surface area contributed by atoms with Crippen LogP contribution in [0.5, 0.6) is 0 Å². The number of nitrogens with one attached hydrogen (secondary N) is 1. The number of aryl methyl sites for hydroxylation is 1. The minimum Gasteiger partial charge on any atom is -0.369 e. The summed E-state index contributed by atoms with van der Waals surface area (Å²) in [6.07, 6.45) is 1.82. The average Bonchev–Trinajstić information content (AvgIpc) is 2.96. The largest absolute Gasteiger partial charge is 0.369 e. The Morgan fingerprint density at radius 3 is 2.52 bits per heavy atom. The molecule has 7 heteroatoms. The predicted octanol–water partition coefficient (Wildman–Crippen LogP) is 1.85.